The van der Waals surface area contributed by atoms with Crippen molar-refractivity contribution in [2.45, 2.75) is 38.8 Å². The lowest BCUT2D eigenvalue weighted by atomic mass is 9.99. The second-order valence-electron chi connectivity index (χ2n) is 4.93. The molecular formula is C14H20Cl2N2O. The fourth-order valence-electron chi connectivity index (χ4n) is 2.28. The molecule has 19 heavy (non-hydrogen) atoms. The number of carbonyl (C=O) groups excluding carboxylic acids is 1. The number of piperidine rings is 1. The first-order chi connectivity index (χ1) is 8.58. The number of carbonyl (C=O) groups is 1. The minimum atomic E-state index is -0.0182. The fourth-order valence-corrected chi connectivity index (χ4v) is 2.40. The van der Waals surface area contributed by atoms with Crippen LogP contribution < -0.4 is 10.6 Å². The van der Waals surface area contributed by atoms with Crippen molar-refractivity contribution in [1.29, 1.82) is 0 Å². The van der Waals surface area contributed by atoms with Crippen molar-refractivity contribution in [1.82, 2.24) is 10.6 Å². The van der Waals surface area contributed by atoms with Crippen LogP contribution in [0, 0.1) is 6.92 Å². The molecule has 5 heteroatoms. The van der Waals surface area contributed by atoms with Gasteiger partial charge in [0.15, 0.2) is 0 Å². The highest BCUT2D eigenvalue weighted by Gasteiger charge is 2.22. The molecule has 1 fully saturated rings. The highest BCUT2D eigenvalue weighted by molar-refractivity contribution is 6.31. The fraction of sp³-hybridized carbons (Fsp3) is 0.500. The van der Waals surface area contributed by atoms with Crippen molar-refractivity contribution in [3.63, 3.8) is 0 Å². The van der Waals surface area contributed by atoms with Crippen molar-refractivity contribution in [3.8, 4) is 0 Å². The van der Waals surface area contributed by atoms with Gasteiger partial charge in [0.25, 0.3) is 5.91 Å². The Morgan fingerprint density at radius 3 is 2.84 bits per heavy atom. The van der Waals surface area contributed by atoms with Gasteiger partial charge in [0, 0.05) is 22.7 Å². The zero-order valence-corrected chi connectivity index (χ0v) is 12.8. The number of amides is 1. The smallest absolute Gasteiger partial charge is 0.251 e. The molecule has 1 amide bonds. The number of benzene rings is 1. The first-order valence-electron chi connectivity index (χ1n) is 6.38. The highest BCUT2D eigenvalue weighted by Crippen LogP contribution is 2.17. The van der Waals surface area contributed by atoms with E-state index < -0.39 is 0 Å². The van der Waals surface area contributed by atoms with E-state index in [2.05, 4.69) is 17.6 Å². The average Bonchev–Trinajstić information content (AvgIpc) is 2.35. The first-order valence-corrected chi connectivity index (χ1v) is 6.76. The number of aryl methyl sites for hydroxylation is 1. The third-order valence-electron chi connectivity index (χ3n) is 3.50. The summed E-state index contributed by atoms with van der Waals surface area (Å²) < 4.78 is 0. The molecule has 1 aliphatic rings. The van der Waals surface area contributed by atoms with E-state index in [4.69, 9.17) is 11.6 Å². The highest BCUT2D eigenvalue weighted by atomic mass is 35.5. The summed E-state index contributed by atoms with van der Waals surface area (Å²) >= 11 is 5.96. The van der Waals surface area contributed by atoms with E-state index in [9.17, 15) is 4.79 Å². The third-order valence-corrected chi connectivity index (χ3v) is 3.92. The Kier molecular flexibility index (Phi) is 6.11. The van der Waals surface area contributed by atoms with Crippen LogP contribution in [0.5, 0.6) is 0 Å². The number of hydrogen-bond donors (Lipinski definition) is 2. The van der Waals surface area contributed by atoms with Crippen molar-refractivity contribution in [2.75, 3.05) is 6.54 Å². The quantitative estimate of drug-likeness (QED) is 0.882. The van der Waals surface area contributed by atoms with E-state index in [-0.39, 0.29) is 24.4 Å². The standard InChI is InChI=1S/C14H19ClN2O.ClH/c1-9-8-11(5-6-12(9)15)14(18)17-13-4-3-7-16-10(13)2;/h5-6,8,10,13,16H,3-4,7H2,1-2H3,(H,17,18);1H. The minimum Gasteiger partial charge on any atom is -0.348 e. The summed E-state index contributed by atoms with van der Waals surface area (Å²) in [5.74, 6) is -0.0182. The molecule has 0 radical (unpaired) electrons. The van der Waals surface area contributed by atoms with Crippen LogP contribution >= 0.6 is 24.0 Å². The van der Waals surface area contributed by atoms with Crippen molar-refractivity contribution >= 4 is 29.9 Å². The maximum Gasteiger partial charge on any atom is 0.251 e. The third kappa shape index (κ3) is 4.10. The Labute approximate surface area is 125 Å². The average molecular weight is 303 g/mol. The molecular weight excluding hydrogens is 283 g/mol. The van der Waals surface area contributed by atoms with Gasteiger partial charge in [0.2, 0.25) is 0 Å². The topological polar surface area (TPSA) is 41.1 Å². The van der Waals surface area contributed by atoms with Crippen LogP contribution in [-0.4, -0.2) is 24.5 Å². The maximum atomic E-state index is 12.1. The second-order valence-corrected chi connectivity index (χ2v) is 5.34. The molecule has 2 rings (SSSR count). The van der Waals surface area contributed by atoms with E-state index in [1.165, 1.54) is 0 Å². The lowest BCUT2D eigenvalue weighted by molar-refractivity contribution is 0.0920. The summed E-state index contributed by atoms with van der Waals surface area (Å²) in [7, 11) is 0. The van der Waals surface area contributed by atoms with Gasteiger partial charge in [-0.3, -0.25) is 4.79 Å². The molecule has 2 N–H and O–H groups in total. The van der Waals surface area contributed by atoms with Gasteiger partial charge in [0.05, 0.1) is 0 Å². The second kappa shape index (κ2) is 7.13. The molecule has 0 bridgehead atoms. The lowest BCUT2D eigenvalue weighted by Crippen LogP contribution is -2.51. The van der Waals surface area contributed by atoms with E-state index in [0.717, 1.165) is 24.9 Å². The number of rotatable bonds is 2. The summed E-state index contributed by atoms with van der Waals surface area (Å²) in [6.07, 6.45) is 2.14. The summed E-state index contributed by atoms with van der Waals surface area (Å²) in [4.78, 5) is 12.1. The molecule has 1 aromatic rings. The summed E-state index contributed by atoms with van der Waals surface area (Å²) in [6, 6.07) is 5.91. The molecule has 2 unspecified atom stereocenters. The van der Waals surface area contributed by atoms with Gasteiger partial charge in [-0.25, -0.2) is 0 Å². The Morgan fingerprint density at radius 2 is 2.21 bits per heavy atom. The van der Waals surface area contributed by atoms with E-state index in [0.29, 0.717) is 16.6 Å². The van der Waals surface area contributed by atoms with Crippen LogP contribution in [0.15, 0.2) is 18.2 Å². The van der Waals surface area contributed by atoms with Gasteiger partial charge >= 0.3 is 0 Å². The monoisotopic (exact) mass is 302 g/mol. The van der Waals surface area contributed by atoms with Gasteiger partial charge < -0.3 is 10.6 Å². The maximum absolute atomic E-state index is 12.1. The van der Waals surface area contributed by atoms with Crippen LogP contribution in [0.4, 0.5) is 0 Å². The van der Waals surface area contributed by atoms with E-state index in [1.807, 2.05) is 13.0 Å². The first kappa shape index (κ1) is 16.3. The minimum absolute atomic E-state index is 0. The zero-order chi connectivity index (χ0) is 13.1. The predicted octanol–water partition coefficient (Wildman–Crippen LogP) is 2.94. The molecule has 1 heterocycles. The normalized spacial score (nSPS) is 22.5. The summed E-state index contributed by atoms with van der Waals surface area (Å²) in [6.45, 7) is 5.05. The van der Waals surface area contributed by atoms with Gasteiger partial charge in [-0.05, 0) is 57.0 Å². The molecule has 0 saturated carbocycles. The molecule has 0 aromatic heterocycles. The molecule has 1 aliphatic heterocycles. The molecule has 3 nitrogen and oxygen atoms in total. The van der Waals surface area contributed by atoms with Crippen molar-refractivity contribution in [2.24, 2.45) is 0 Å². The SMILES string of the molecule is Cc1cc(C(=O)NC2CCCNC2C)ccc1Cl.Cl. The van der Waals surface area contributed by atoms with Crippen molar-refractivity contribution in [3.05, 3.63) is 34.3 Å². The van der Waals surface area contributed by atoms with E-state index >= 15 is 0 Å². The van der Waals surface area contributed by atoms with Gasteiger partial charge in [-0.2, -0.15) is 0 Å². The van der Waals surface area contributed by atoms with Gasteiger partial charge in [-0.1, -0.05) is 11.6 Å². The van der Waals surface area contributed by atoms with Crippen LogP contribution in [0.2, 0.25) is 5.02 Å². The van der Waals surface area contributed by atoms with Gasteiger partial charge in [0.1, 0.15) is 0 Å². The largest absolute Gasteiger partial charge is 0.348 e. The van der Waals surface area contributed by atoms with E-state index in [1.54, 1.807) is 12.1 Å². The Bertz CT molecular complexity index is 451. The van der Waals surface area contributed by atoms with Crippen LogP contribution in [0.3, 0.4) is 0 Å². The molecule has 1 saturated heterocycles. The Hall–Kier alpha value is -0.770. The van der Waals surface area contributed by atoms with Crippen LogP contribution in [-0.2, 0) is 0 Å². The Balaban J connectivity index is 0.00000180. The van der Waals surface area contributed by atoms with Crippen molar-refractivity contribution < 1.29 is 4.79 Å². The lowest BCUT2D eigenvalue weighted by Gasteiger charge is -2.30. The van der Waals surface area contributed by atoms with Gasteiger partial charge in [-0.15, -0.1) is 12.4 Å². The molecule has 2 atom stereocenters. The molecule has 1 aromatic carbocycles. The Morgan fingerprint density at radius 1 is 1.47 bits per heavy atom. The predicted molar refractivity (Wildman–Crippen MR) is 81.4 cm³/mol. The van der Waals surface area contributed by atoms with Crippen LogP contribution in [0.1, 0.15) is 35.7 Å². The zero-order valence-electron chi connectivity index (χ0n) is 11.2. The molecule has 0 aliphatic carbocycles. The number of halogens is 2. The van der Waals surface area contributed by atoms with Crippen LogP contribution in [0.25, 0.3) is 0 Å². The number of nitrogens with one attached hydrogen (secondary N) is 2. The number of hydrogen-bond acceptors (Lipinski definition) is 2. The summed E-state index contributed by atoms with van der Waals surface area (Å²) in [5, 5.41) is 7.15. The summed E-state index contributed by atoms with van der Waals surface area (Å²) in [5.41, 5.74) is 1.61. The molecule has 106 valence electrons. The molecule has 0 spiro atoms.